The molecule has 0 saturated carbocycles. The van der Waals surface area contributed by atoms with Gasteiger partial charge < -0.3 is 0 Å². The van der Waals surface area contributed by atoms with Gasteiger partial charge in [0.25, 0.3) is 0 Å². The summed E-state index contributed by atoms with van der Waals surface area (Å²) in [5, 5.41) is 0. The van der Waals surface area contributed by atoms with Gasteiger partial charge in [-0.05, 0) is 0 Å². The Balaban J connectivity index is -0.00000000356. The summed E-state index contributed by atoms with van der Waals surface area (Å²) >= 11 is 4.24. The number of rotatable bonds is 0. The van der Waals surface area contributed by atoms with Crippen molar-refractivity contribution in [3.63, 3.8) is 0 Å². The minimum absolute atomic E-state index is 0. The summed E-state index contributed by atoms with van der Waals surface area (Å²) in [6.45, 7) is 5.92. The monoisotopic (exact) mass is 563 g/mol. The highest BCUT2D eigenvalue weighted by Crippen LogP contribution is 1.89. The Morgan fingerprint density at radius 3 is 1.00 bits per heavy atom. The van der Waals surface area contributed by atoms with Crippen LogP contribution in [-0.2, 0) is 0 Å². The Labute approximate surface area is 118 Å². The first-order valence-electron chi connectivity index (χ1n) is 2.05. The van der Waals surface area contributed by atoms with Crippen molar-refractivity contribution in [2.75, 3.05) is 6.66 Å². The van der Waals surface area contributed by atoms with Crippen LogP contribution in [0.2, 0.25) is 0 Å². The summed E-state index contributed by atoms with van der Waals surface area (Å²) in [6, 6.07) is 0. The van der Waals surface area contributed by atoms with Crippen molar-refractivity contribution in [2.45, 2.75) is 13.8 Å². The van der Waals surface area contributed by atoms with Crippen molar-refractivity contribution in [2.24, 2.45) is 0 Å². The van der Waals surface area contributed by atoms with Crippen molar-refractivity contribution in [1.82, 2.24) is 0 Å². The Morgan fingerprint density at radius 1 is 1.00 bits per heavy atom. The van der Waals surface area contributed by atoms with Crippen LogP contribution in [0.15, 0.2) is 0 Å². The zero-order valence-corrected chi connectivity index (χ0v) is 18.1. The van der Waals surface area contributed by atoms with Crippen molar-refractivity contribution in [3.8, 4) is 0 Å². The van der Waals surface area contributed by atoms with E-state index in [4.69, 9.17) is 0 Å². The molecule has 0 N–H and O–H groups in total. The fourth-order valence-corrected chi connectivity index (χ4v) is 0. The van der Waals surface area contributed by atoms with Crippen LogP contribution in [0.3, 0.4) is 0 Å². The minimum Gasteiger partial charge on any atom is -0.153 e. The zero-order valence-electron chi connectivity index (χ0n) is 6.60. The van der Waals surface area contributed by atoms with Crippen molar-refractivity contribution >= 4 is 98.2 Å². The quantitative estimate of drug-likeness (QED) is 0.292. The Morgan fingerprint density at radius 2 is 1.00 bits per heavy atom. The first-order chi connectivity index (χ1) is 4.00. The highest BCUT2D eigenvalue weighted by atomic mass is 128. The highest BCUT2D eigenvalue weighted by Gasteiger charge is 1.00. The molecule has 4 unspecified atom stereocenters. The van der Waals surface area contributed by atoms with Gasteiger partial charge in [-0.1, -0.05) is 20.5 Å². The van der Waals surface area contributed by atoms with Gasteiger partial charge >= 0.3 is 0 Å². The molecular formula is C3H21I3P4. The topological polar surface area (TPSA) is 0 Å². The summed E-state index contributed by atoms with van der Waals surface area (Å²) in [5.41, 5.74) is 0. The molecule has 0 amide bonds. The molecule has 0 fully saturated rings. The molecule has 0 aromatic rings. The molecule has 0 bridgehead atoms. The maximum Gasteiger partial charge on any atom is 0 e. The van der Waals surface area contributed by atoms with Gasteiger partial charge in [-0.2, -0.15) is 9.90 Å². The lowest BCUT2D eigenvalue weighted by molar-refractivity contribution is 1.50. The molecule has 0 aromatic heterocycles. The zero-order chi connectivity index (χ0) is 8.00. The summed E-state index contributed by atoms with van der Waals surface area (Å²) in [4.78, 5) is 0. The van der Waals surface area contributed by atoms with Crippen LogP contribution < -0.4 is 0 Å². The van der Waals surface area contributed by atoms with Gasteiger partial charge in [-0.25, -0.2) is 0 Å². The molecule has 0 spiro atoms. The molecule has 0 aliphatic rings. The number of hydrogen-bond acceptors (Lipinski definition) is 0. The van der Waals surface area contributed by atoms with E-state index in [0.29, 0.717) is 0 Å². The lowest BCUT2D eigenvalue weighted by Gasteiger charge is -1.12. The van der Waals surface area contributed by atoms with Crippen LogP contribution in [0.5, 0.6) is 0 Å². The molecule has 0 aliphatic heterocycles. The van der Waals surface area contributed by atoms with Gasteiger partial charge in [-0.3, -0.25) is 0 Å². The van der Waals surface area contributed by atoms with Crippen LogP contribution in [0, 0.1) is 0 Å². The average Bonchev–Trinajstić information content (AvgIpc) is 2.03. The normalized spacial score (nSPS) is 2.40. The Hall–Kier alpha value is 3.91. The fourth-order valence-electron chi connectivity index (χ4n) is 0. The van der Waals surface area contributed by atoms with E-state index in [0.717, 1.165) is 0 Å². The third-order valence-corrected chi connectivity index (χ3v) is 0. The minimum atomic E-state index is 0. The van der Waals surface area contributed by atoms with E-state index in [-0.39, 0.29) is 35.3 Å². The predicted octanol–water partition coefficient (Wildman–Crippen LogP) is 4.86. The van der Waals surface area contributed by atoms with Gasteiger partial charge in [0.2, 0.25) is 0 Å². The fraction of sp³-hybridized carbons (Fsp3) is 1.00. The van der Waals surface area contributed by atoms with E-state index in [9.17, 15) is 0 Å². The summed E-state index contributed by atoms with van der Waals surface area (Å²) in [6.07, 6.45) is 0. The first-order valence-corrected chi connectivity index (χ1v) is 12.2. The second-order valence-electron chi connectivity index (χ2n) is 0. The molecule has 0 rings (SSSR count). The smallest absolute Gasteiger partial charge is 0 e. The van der Waals surface area contributed by atoms with Crippen molar-refractivity contribution < 1.29 is 1.43 Å². The molecule has 0 radical (unpaired) electrons. The number of halogens is 3. The first kappa shape index (κ1) is 37.1. The maximum atomic E-state index is 2.42. The molecule has 0 aromatic carbocycles. The molecule has 0 heterocycles. The maximum absolute atomic E-state index is 2.42. The lowest BCUT2D eigenvalue weighted by Crippen LogP contribution is -0.856. The van der Waals surface area contributed by atoms with Gasteiger partial charge in [0.15, 0.2) is 0 Å². The van der Waals surface area contributed by atoms with Crippen molar-refractivity contribution in [3.05, 3.63) is 0 Å². The Bertz CT molecular complexity index is 20.5. The summed E-state index contributed by atoms with van der Waals surface area (Å²) in [7, 11) is 7.08. The molecule has 10 heavy (non-hydrogen) atoms. The third kappa shape index (κ3) is 92.7. The highest BCUT2D eigenvalue weighted by molar-refractivity contribution is 15.0. The van der Waals surface area contributed by atoms with E-state index >= 15 is 0 Å². The molecule has 0 saturated heterocycles. The summed E-state index contributed by atoms with van der Waals surface area (Å²) < 4.78 is 0. The molecule has 7 heteroatoms. The van der Waals surface area contributed by atoms with Gasteiger partial charge in [0, 0.05) is 38.7 Å². The van der Waals surface area contributed by atoms with E-state index in [1.807, 2.05) is 20.5 Å². The van der Waals surface area contributed by atoms with E-state index in [1.54, 1.807) is 0 Å². The third-order valence-electron chi connectivity index (χ3n) is 0. The lowest BCUT2D eigenvalue weighted by atomic mass is 11.0. The second kappa shape index (κ2) is 120. The largest absolute Gasteiger partial charge is 0.153 e. The van der Waals surface area contributed by atoms with Crippen LogP contribution in [0.4, 0.5) is 0 Å². The summed E-state index contributed by atoms with van der Waals surface area (Å²) in [5.74, 6) is 0. The Kier molecular flexibility index (Phi) is 444. The molecule has 0 nitrogen and oxygen atoms in total. The molecular weight excluding hydrogens is 541 g/mol. The standard InChI is InChI=1S/C2H6.CH5P.I2.HI.H4P2.H3P.H2/c3*1-2;;1-2;;/h1-2H3;2H2,1H3;;1H;1-2H2;1H3;1H/i;;;;;;1+1. The van der Waals surface area contributed by atoms with E-state index in [2.05, 4.69) is 64.3 Å². The van der Waals surface area contributed by atoms with Crippen LogP contribution in [-0.4, -0.2) is 6.66 Å². The molecule has 4 atom stereocenters. The van der Waals surface area contributed by atoms with Gasteiger partial charge in [0.1, 0.15) is 0 Å². The molecule has 74 valence electrons. The van der Waals surface area contributed by atoms with Gasteiger partial charge in [-0.15, -0.1) is 51.1 Å². The second-order valence-corrected chi connectivity index (χ2v) is 0. The van der Waals surface area contributed by atoms with Crippen LogP contribution >= 0.6 is 98.2 Å². The van der Waals surface area contributed by atoms with E-state index < -0.39 is 0 Å². The SMILES string of the molecule is CC.CP.I.II.P.PP.[2HH]. The van der Waals surface area contributed by atoms with Gasteiger partial charge in [0.05, 0.1) is 0 Å². The van der Waals surface area contributed by atoms with Crippen LogP contribution in [0.1, 0.15) is 15.3 Å². The predicted molar refractivity (Wildman–Crippen MR) is 103 cm³/mol. The van der Waals surface area contributed by atoms with Crippen LogP contribution in [0.25, 0.3) is 0 Å². The van der Waals surface area contributed by atoms with Crippen molar-refractivity contribution in [1.29, 1.82) is 0 Å². The molecule has 0 aliphatic carbocycles. The van der Waals surface area contributed by atoms with E-state index in [1.165, 1.54) is 0 Å². The average molecular weight is 563 g/mol. The number of hydrogen-bond donors (Lipinski definition) is 0.